The number of likely N-dealkylation sites (tertiary alicyclic amines) is 1. The molecule has 4 rings (SSSR count). The van der Waals surface area contributed by atoms with Gasteiger partial charge in [0.2, 0.25) is 0 Å². The van der Waals surface area contributed by atoms with E-state index in [1.807, 2.05) is 12.3 Å². The second kappa shape index (κ2) is 7.15. The fourth-order valence-electron chi connectivity index (χ4n) is 4.32. The van der Waals surface area contributed by atoms with Crippen molar-refractivity contribution in [1.82, 2.24) is 9.88 Å². The van der Waals surface area contributed by atoms with Crippen LogP contribution in [0.15, 0.2) is 12.3 Å². The minimum absolute atomic E-state index is 0.133. The molecule has 4 heterocycles. The number of aromatic nitrogens is 1. The number of hydrogen-bond donors (Lipinski definition) is 0. The average Bonchev–Trinajstić information content (AvgIpc) is 3.24. The topological polar surface area (TPSA) is 28.6 Å². The van der Waals surface area contributed by atoms with Gasteiger partial charge in [-0.3, -0.25) is 0 Å². The molecular weight excluding hydrogens is 334 g/mol. The minimum Gasteiger partial charge on any atom is -0.375 e. The first-order valence-corrected chi connectivity index (χ1v) is 9.76. The Labute approximate surface area is 155 Å². The summed E-state index contributed by atoms with van der Waals surface area (Å²) in [6, 6.07) is 1.97. The fourth-order valence-corrected chi connectivity index (χ4v) is 4.47. The van der Waals surface area contributed by atoms with Gasteiger partial charge in [-0.2, -0.15) is 0 Å². The molecule has 25 heavy (non-hydrogen) atoms. The van der Waals surface area contributed by atoms with Crippen LogP contribution in [-0.2, 0) is 4.74 Å². The third-order valence-electron chi connectivity index (χ3n) is 5.85. The lowest BCUT2D eigenvalue weighted by Crippen LogP contribution is -2.44. The molecule has 3 aliphatic heterocycles. The van der Waals surface area contributed by atoms with Gasteiger partial charge >= 0.3 is 0 Å². The molecule has 0 bridgehead atoms. The third-order valence-corrected chi connectivity index (χ3v) is 6.06. The van der Waals surface area contributed by atoms with Gasteiger partial charge in [-0.1, -0.05) is 23.4 Å². The van der Waals surface area contributed by atoms with Gasteiger partial charge in [0.15, 0.2) is 0 Å². The molecule has 3 fully saturated rings. The van der Waals surface area contributed by atoms with E-state index in [1.165, 1.54) is 12.8 Å². The first-order chi connectivity index (χ1) is 12.1. The van der Waals surface area contributed by atoms with Gasteiger partial charge in [0.25, 0.3) is 0 Å². The number of hydrogen-bond acceptors (Lipinski definition) is 4. The first-order valence-electron chi connectivity index (χ1n) is 9.38. The molecule has 4 nitrogen and oxygen atoms in total. The predicted octanol–water partition coefficient (Wildman–Crippen LogP) is 3.19. The molecular formula is C20H26ClN3O. The predicted molar refractivity (Wildman–Crippen MR) is 101 cm³/mol. The van der Waals surface area contributed by atoms with Crippen LogP contribution in [0.25, 0.3) is 0 Å². The van der Waals surface area contributed by atoms with Crippen LogP contribution >= 0.6 is 11.6 Å². The maximum Gasteiger partial charge on any atom is 0.131 e. The van der Waals surface area contributed by atoms with Crippen LogP contribution in [-0.4, -0.2) is 55.3 Å². The molecule has 1 atom stereocenters. The van der Waals surface area contributed by atoms with Crippen molar-refractivity contribution in [2.24, 2.45) is 5.92 Å². The minimum atomic E-state index is 0.133. The van der Waals surface area contributed by atoms with Gasteiger partial charge in [-0.15, -0.1) is 0 Å². The quantitative estimate of drug-likeness (QED) is 0.568. The van der Waals surface area contributed by atoms with Crippen LogP contribution in [0.4, 0.5) is 5.69 Å². The van der Waals surface area contributed by atoms with E-state index >= 15 is 0 Å². The van der Waals surface area contributed by atoms with E-state index in [9.17, 15) is 0 Å². The number of halogens is 1. The van der Waals surface area contributed by atoms with Gasteiger partial charge in [0.05, 0.1) is 16.9 Å². The van der Waals surface area contributed by atoms with Crippen molar-refractivity contribution in [2.75, 3.05) is 44.7 Å². The Bertz CT molecular complexity index is 680. The Morgan fingerprint density at radius 1 is 1.28 bits per heavy atom. The van der Waals surface area contributed by atoms with E-state index in [4.69, 9.17) is 16.3 Å². The van der Waals surface area contributed by atoms with Crippen molar-refractivity contribution >= 4 is 17.3 Å². The summed E-state index contributed by atoms with van der Waals surface area (Å²) < 4.78 is 6.05. The summed E-state index contributed by atoms with van der Waals surface area (Å²) >= 11 is 6.19. The summed E-state index contributed by atoms with van der Waals surface area (Å²) in [5.41, 5.74) is 2.27. The van der Waals surface area contributed by atoms with Crippen molar-refractivity contribution in [3.63, 3.8) is 0 Å². The molecule has 1 spiro atoms. The van der Waals surface area contributed by atoms with Gasteiger partial charge in [0.1, 0.15) is 5.15 Å². The molecule has 1 aromatic rings. The highest BCUT2D eigenvalue weighted by Crippen LogP contribution is 2.37. The second-order valence-corrected chi connectivity index (χ2v) is 8.05. The molecule has 5 heteroatoms. The molecule has 3 saturated heterocycles. The molecule has 0 aromatic carbocycles. The normalized spacial score (nSPS) is 26.0. The van der Waals surface area contributed by atoms with E-state index in [-0.39, 0.29) is 5.60 Å². The van der Waals surface area contributed by atoms with Crippen LogP contribution in [0.5, 0.6) is 0 Å². The molecule has 0 saturated carbocycles. The van der Waals surface area contributed by atoms with Crippen LogP contribution in [0.3, 0.4) is 0 Å². The van der Waals surface area contributed by atoms with Gasteiger partial charge in [-0.05, 0) is 45.7 Å². The Kier molecular flexibility index (Phi) is 4.90. The van der Waals surface area contributed by atoms with Crippen molar-refractivity contribution in [3.05, 3.63) is 23.0 Å². The zero-order valence-electron chi connectivity index (χ0n) is 14.9. The number of nitrogens with zero attached hydrogens (tertiary/aromatic N) is 3. The molecule has 0 N–H and O–H groups in total. The second-order valence-electron chi connectivity index (χ2n) is 7.66. The van der Waals surface area contributed by atoms with E-state index in [0.29, 0.717) is 11.1 Å². The van der Waals surface area contributed by atoms with Gasteiger partial charge < -0.3 is 14.5 Å². The lowest BCUT2D eigenvalue weighted by Gasteiger charge is -2.40. The van der Waals surface area contributed by atoms with E-state index < -0.39 is 0 Å². The molecule has 3 aliphatic rings. The lowest BCUT2D eigenvalue weighted by molar-refractivity contribution is -0.0146. The maximum atomic E-state index is 6.19. The van der Waals surface area contributed by atoms with Crippen molar-refractivity contribution < 1.29 is 4.74 Å². The third kappa shape index (κ3) is 3.79. The molecule has 0 amide bonds. The monoisotopic (exact) mass is 359 g/mol. The summed E-state index contributed by atoms with van der Waals surface area (Å²) in [7, 11) is 2.16. The Hall–Kier alpha value is -1.28. The highest BCUT2D eigenvalue weighted by molar-refractivity contribution is 6.29. The van der Waals surface area contributed by atoms with Gasteiger partial charge in [0, 0.05) is 44.4 Å². The molecule has 1 aromatic heterocycles. The number of anilines is 1. The van der Waals surface area contributed by atoms with E-state index in [0.717, 1.165) is 63.3 Å². The van der Waals surface area contributed by atoms with Crippen LogP contribution < -0.4 is 4.90 Å². The van der Waals surface area contributed by atoms with Gasteiger partial charge in [-0.25, -0.2) is 4.98 Å². The number of piperidine rings is 1. The number of rotatable bonds is 1. The smallest absolute Gasteiger partial charge is 0.131 e. The largest absolute Gasteiger partial charge is 0.375 e. The average molecular weight is 360 g/mol. The van der Waals surface area contributed by atoms with Crippen molar-refractivity contribution in [1.29, 1.82) is 0 Å². The van der Waals surface area contributed by atoms with Crippen molar-refractivity contribution in [2.45, 2.75) is 37.7 Å². The standard InChI is InChI=1S/C20H26ClN3O/c1-23-9-5-16(15-23)3-4-17-14-22-19(21)13-18(17)24-10-7-20(8-11-24)6-2-12-25-20/h13-14,16H,2,5-12,15H2,1H3. The molecule has 1 unspecified atom stereocenters. The van der Waals surface area contributed by atoms with Crippen LogP contribution in [0, 0.1) is 17.8 Å². The lowest BCUT2D eigenvalue weighted by atomic mass is 9.88. The number of ether oxygens (including phenoxy) is 1. The summed E-state index contributed by atoms with van der Waals surface area (Å²) in [4.78, 5) is 9.01. The molecule has 0 aliphatic carbocycles. The maximum absolute atomic E-state index is 6.19. The first kappa shape index (κ1) is 17.1. The summed E-state index contributed by atoms with van der Waals surface area (Å²) in [6.07, 6.45) is 7.58. The summed E-state index contributed by atoms with van der Waals surface area (Å²) in [6.45, 7) is 5.13. The SMILES string of the molecule is CN1CCC(C#Cc2cnc(Cl)cc2N2CCC3(CCCO3)CC2)C1. The zero-order chi connectivity index (χ0) is 17.3. The van der Waals surface area contributed by atoms with Crippen LogP contribution in [0.1, 0.15) is 37.7 Å². The summed E-state index contributed by atoms with van der Waals surface area (Å²) in [5, 5.41) is 0.540. The highest BCUT2D eigenvalue weighted by Gasteiger charge is 2.38. The van der Waals surface area contributed by atoms with E-state index in [2.05, 4.69) is 33.7 Å². The Balaban J connectivity index is 1.51. The van der Waals surface area contributed by atoms with E-state index in [1.54, 1.807) is 0 Å². The van der Waals surface area contributed by atoms with Crippen molar-refractivity contribution in [3.8, 4) is 11.8 Å². The highest BCUT2D eigenvalue weighted by atomic mass is 35.5. The molecule has 0 radical (unpaired) electrons. The fraction of sp³-hybridized carbons (Fsp3) is 0.650. The zero-order valence-corrected chi connectivity index (χ0v) is 15.7. The number of pyridine rings is 1. The molecule has 134 valence electrons. The Morgan fingerprint density at radius 3 is 2.80 bits per heavy atom. The Morgan fingerprint density at radius 2 is 2.12 bits per heavy atom. The summed E-state index contributed by atoms with van der Waals surface area (Å²) in [5.74, 6) is 7.30. The van der Waals surface area contributed by atoms with Crippen LogP contribution in [0.2, 0.25) is 5.15 Å².